The lowest BCUT2D eigenvalue weighted by Crippen LogP contribution is -2.32. The van der Waals surface area contributed by atoms with Gasteiger partial charge in [0.1, 0.15) is 0 Å². The summed E-state index contributed by atoms with van der Waals surface area (Å²) in [5.41, 5.74) is 1.25. The molecule has 2 amide bonds. The molecule has 2 N–H and O–H groups in total. The number of para-hydroxylation sites is 1. The number of carbonyl (C=O) groups excluding carboxylic acids is 2. The molecule has 0 saturated carbocycles. The highest BCUT2D eigenvalue weighted by atomic mass is 79.9. The van der Waals surface area contributed by atoms with Crippen LogP contribution in [0.4, 0.5) is 5.69 Å². The van der Waals surface area contributed by atoms with E-state index >= 15 is 0 Å². The Bertz CT molecular complexity index is 639. The number of aryl methyl sites for hydroxylation is 1. The van der Waals surface area contributed by atoms with Gasteiger partial charge in [0, 0.05) is 10.5 Å². The molecule has 1 aromatic heterocycles. The van der Waals surface area contributed by atoms with Crippen molar-refractivity contribution in [3.63, 3.8) is 0 Å². The van der Waals surface area contributed by atoms with Crippen LogP contribution in [0.2, 0.25) is 0 Å². The Morgan fingerprint density at radius 3 is 2.75 bits per heavy atom. The fraction of sp³-hybridized carbons (Fsp3) is 0.154. The number of benzene rings is 1. The third kappa shape index (κ3) is 3.67. The molecule has 20 heavy (non-hydrogen) atoms. The predicted octanol–water partition coefficient (Wildman–Crippen LogP) is 2.11. The summed E-state index contributed by atoms with van der Waals surface area (Å²) in [7, 11) is 0. The maximum Gasteiger partial charge on any atom is 0.290 e. The quantitative estimate of drug-likeness (QED) is 0.894. The van der Waals surface area contributed by atoms with Crippen molar-refractivity contribution in [2.75, 3.05) is 11.9 Å². The van der Waals surface area contributed by atoms with Crippen LogP contribution in [0.5, 0.6) is 0 Å². The summed E-state index contributed by atoms with van der Waals surface area (Å²) < 4.78 is 5.56. The van der Waals surface area contributed by atoms with Gasteiger partial charge in [0.05, 0.1) is 17.9 Å². The molecule has 0 spiro atoms. The van der Waals surface area contributed by atoms with Crippen molar-refractivity contribution in [1.82, 2.24) is 10.5 Å². The van der Waals surface area contributed by atoms with E-state index in [9.17, 15) is 9.59 Å². The lowest BCUT2D eigenvalue weighted by Gasteiger charge is -2.07. The molecule has 0 fully saturated rings. The minimum Gasteiger partial charge on any atom is -0.351 e. The van der Waals surface area contributed by atoms with E-state index in [-0.39, 0.29) is 18.2 Å². The smallest absolute Gasteiger partial charge is 0.290 e. The van der Waals surface area contributed by atoms with E-state index in [1.165, 1.54) is 6.07 Å². The topological polar surface area (TPSA) is 84.2 Å². The van der Waals surface area contributed by atoms with Gasteiger partial charge in [-0.15, -0.1) is 0 Å². The standard InChI is InChI=1S/C13H12BrN3O3/c1-8-6-11(20-17-8)13(19)15-7-12(18)16-10-5-3-2-4-9(10)14/h2-6H,7H2,1H3,(H,15,19)(H,16,18). The molecule has 1 aromatic carbocycles. The maximum atomic E-state index is 11.7. The summed E-state index contributed by atoms with van der Waals surface area (Å²) in [5, 5.41) is 8.73. The van der Waals surface area contributed by atoms with E-state index in [1.54, 1.807) is 19.1 Å². The van der Waals surface area contributed by atoms with Gasteiger partial charge in [-0.1, -0.05) is 17.3 Å². The molecule has 0 aliphatic rings. The molecule has 0 bridgehead atoms. The van der Waals surface area contributed by atoms with Crippen LogP contribution in [0.1, 0.15) is 16.2 Å². The average Bonchev–Trinajstić information content (AvgIpc) is 2.85. The first-order valence-electron chi connectivity index (χ1n) is 5.82. The van der Waals surface area contributed by atoms with Crippen molar-refractivity contribution in [1.29, 1.82) is 0 Å². The summed E-state index contributed by atoms with van der Waals surface area (Å²) in [5.74, 6) is -0.731. The lowest BCUT2D eigenvalue weighted by molar-refractivity contribution is -0.115. The van der Waals surface area contributed by atoms with Crippen molar-refractivity contribution in [3.8, 4) is 0 Å². The fourth-order valence-corrected chi connectivity index (χ4v) is 1.86. The molecule has 0 saturated heterocycles. The van der Waals surface area contributed by atoms with Gasteiger partial charge in [-0.3, -0.25) is 9.59 Å². The number of carbonyl (C=O) groups is 2. The Hall–Kier alpha value is -2.15. The van der Waals surface area contributed by atoms with Gasteiger partial charge in [-0.25, -0.2) is 0 Å². The molecule has 0 atom stereocenters. The largest absolute Gasteiger partial charge is 0.351 e. The van der Waals surface area contributed by atoms with Crippen LogP contribution in [0.3, 0.4) is 0 Å². The van der Waals surface area contributed by atoms with E-state index in [0.29, 0.717) is 11.4 Å². The molecule has 2 aromatic rings. The zero-order valence-electron chi connectivity index (χ0n) is 10.6. The lowest BCUT2D eigenvalue weighted by atomic mass is 10.3. The van der Waals surface area contributed by atoms with Crippen LogP contribution in [-0.4, -0.2) is 23.5 Å². The monoisotopic (exact) mass is 337 g/mol. The molecule has 7 heteroatoms. The van der Waals surface area contributed by atoms with Gasteiger partial charge in [0.15, 0.2) is 0 Å². The van der Waals surface area contributed by atoms with Crippen LogP contribution in [0.15, 0.2) is 39.3 Å². The second kappa shape index (κ2) is 6.33. The number of rotatable bonds is 4. The van der Waals surface area contributed by atoms with Crippen molar-refractivity contribution in [3.05, 3.63) is 46.3 Å². The van der Waals surface area contributed by atoms with Crippen LogP contribution >= 0.6 is 15.9 Å². The first-order valence-corrected chi connectivity index (χ1v) is 6.61. The van der Waals surface area contributed by atoms with Crippen molar-refractivity contribution >= 4 is 33.4 Å². The van der Waals surface area contributed by atoms with E-state index in [2.05, 4.69) is 31.7 Å². The van der Waals surface area contributed by atoms with Crippen molar-refractivity contribution in [2.24, 2.45) is 0 Å². The minimum absolute atomic E-state index is 0.0798. The third-order valence-corrected chi connectivity index (χ3v) is 3.10. The number of hydrogen-bond acceptors (Lipinski definition) is 4. The second-order valence-corrected chi connectivity index (χ2v) is 4.90. The van der Waals surface area contributed by atoms with Crippen molar-refractivity contribution < 1.29 is 14.1 Å². The minimum atomic E-state index is -0.479. The summed E-state index contributed by atoms with van der Waals surface area (Å²) in [4.78, 5) is 23.4. The van der Waals surface area contributed by atoms with Gasteiger partial charge in [-0.05, 0) is 35.0 Å². The zero-order chi connectivity index (χ0) is 14.5. The van der Waals surface area contributed by atoms with Gasteiger partial charge in [0.2, 0.25) is 11.7 Å². The average molecular weight is 338 g/mol. The van der Waals surface area contributed by atoms with Crippen LogP contribution in [0, 0.1) is 6.92 Å². The number of aromatic nitrogens is 1. The number of hydrogen-bond donors (Lipinski definition) is 2. The normalized spacial score (nSPS) is 10.1. The van der Waals surface area contributed by atoms with E-state index < -0.39 is 5.91 Å². The molecule has 2 rings (SSSR count). The highest BCUT2D eigenvalue weighted by Gasteiger charge is 2.13. The Morgan fingerprint density at radius 2 is 2.10 bits per heavy atom. The fourth-order valence-electron chi connectivity index (χ4n) is 1.48. The predicted molar refractivity (Wildman–Crippen MR) is 76.3 cm³/mol. The summed E-state index contributed by atoms with van der Waals surface area (Å²) in [6, 6.07) is 8.71. The van der Waals surface area contributed by atoms with E-state index in [4.69, 9.17) is 4.52 Å². The molecule has 0 radical (unpaired) electrons. The number of amides is 2. The molecule has 0 aliphatic heterocycles. The first-order chi connectivity index (χ1) is 9.56. The number of halogens is 1. The Balaban J connectivity index is 1.87. The van der Waals surface area contributed by atoms with Gasteiger partial charge in [0.25, 0.3) is 5.91 Å². The molecule has 104 valence electrons. The molecular weight excluding hydrogens is 326 g/mol. The van der Waals surface area contributed by atoms with Gasteiger partial charge in [-0.2, -0.15) is 0 Å². The molecule has 0 unspecified atom stereocenters. The molecule has 1 heterocycles. The zero-order valence-corrected chi connectivity index (χ0v) is 12.2. The van der Waals surface area contributed by atoms with Crippen LogP contribution in [-0.2, 0) is 4.79 Å². The Morgan fingerprint density at radius 1 is 1.35 bits per heavy atom. The number of nitrogens with zero attached hydrogens (tertiary/aromatic N) is 1. The molecule has 0 aliphatic carbocycles. The Labute approximate surface area is 123 Å². The van der Waals surface area contributed by atoms with Crippen molar-refractivity contribution in [2.45, 2.75) is 6.92 Å². The van der Waals surface area contributed by atoms with E-state index in [0.717, 1.165) is 4.47 Å². The molecule has 6 nitrogen and oxygen atoms in total. The van der Waals surface area contributed by atoms with Crippen LogP contribution < -0.4 is 10.6 Å². The second-order valence-electron chi connectivity index (χ2n) is 4.04. The van der Waals surface area contributed by atoms with Crippen LogP contribution in [0.25, 0.3) is 0 Å². The number of nitrogens with one attached hydrogen (secondary N) is 2. The van der Waals surface area contributed by atoms with Gasteiger partial charge >= 0.3 is 0 Å². The molecular formula is C13H12BrN3O3. The Kier molecular flexibility index (Phi) is 4.52. The third-order valence-electron chi connectivity index (χ3n) is 2.41. The summed E-state index contributed by atoms with van der Waals surface area (Å²) >= 11 is 3.32. The number of anilines is 1. The highest BCUT2D eigenvalue weighted by molar-refractivity contribution is 9.10. The SMILES string of the molecule is Cc1cc(C(=O)NCC(=O)Nc2ccccc2Br)on1. The van der Waals surface area contributed by atoms with E-state index in [1.807, 2.05) is 12.1 Å². The van der Waals surface area contributed by atoms with Gasteiger partial charge < -0.3 is 15.2 Å². The maximum absolute atomic E-state index is 11.7. The summed E-state index contributed by atoms with van der Waals surface area (Å²) in [6.07, 6.45) is 0. The highest BCUT2D eigenvalue weighted by Crippen LogP contribution is 2.20. The summed E-state index contributed by atoms with van der Waals surface area (Å²) in [6.45, 7) is 1.56. The first kappa shape index (κ1) is 14.3.